The number of anilines is 1. The number of rotatable bonds is 4. The summed E-state index contributed by atoms with van der Waals surface area (Å²) in [6.45, 7) is 2.01. The van der Waals surface area contributed by atoms with Crippen LogP contribution < -0.4 is 10.6 Å². The molecule has 0 radical (unpaired) electrons. The number of carbonyl (C=O) groups excluding carboxylic acids is 1. The van der Waals surface area contributed by atoms with Gasteiger partial charge >= 0.3 is 0 Å². The first kappa shape index (κ1) is 12.1. The Balaban J connectivity index is 2.61. The van der Waals surface area contributed by atoms with Crippen molar-refractivity contribution in [1.29, 1.82) is 0 Å². The number of benzene rings is 1. The lowest BCUT2D eigenvalue weighted by molar-refractivity contribution is -0.117. The zero-order valence-electron chi connectivity index (χ0n) is 8.95. The summed E-state index contributed by atoms with van der Waals surface area (Å²) in [5, 5.41) is 5.72. The number of aryl methyl sites for hydroxylation is 1. The molecule has 1 amide bonds. The van der Waals surface area contributed by atoms with Crippen LogP contribution in [0.4, 0.5) is 5.69 Å². The standard InChI is InChI=1S/C11H16N2OS/c1-8-3-5-9(6-4-8)13-11(14)10(7-15)12-2/h3-6,10,12,15H,7H2,1-2H3,(H,13,14)/t10-/m0/s1. The summed E-state index contributed by atoms with van der Waals surface area (Å²) in [4.78, 5) is 11.6. The van der Waals surface area contributed by atoms with Crippen LogP contribution in [0, 0.1) is 6.92 Å². The fraction of sp³-hybridized carbons (Fsp3) is 0.364. The SMILES string of the molecule is CN[C@@H](CS)C(=O)Nc1ccc(C)cc1. The van der Waals surface area contributed by atoms with Crippen LogP contribution >= 0.6 is 12.6 Å². The average Bonchev–Trinajstić information content (AvgIpc) is 2.23. The molecule has 0 spiro atoms. The highest BCUT2D eigenvalue weighted by Crippen LogP contribution is 2.08. The van der Waals surface area contributed by atoms with Crippen molar-refractivity contribution < 1.29 is 4.79 Å². The molecule has 15 heavy (non-hydrogen) atoms. The minimum absolute atomic E-state index is 0.0589. The fourth-order valence-electron chi connectivity index (χ4n) is 1.17. The minimum Gasteiger partial charge on any atom is -0.325 e. The normalized spacial score (nSPS) is 12.2. The molecule has 0 unspecified atom stereocenters. The van der Waals surface area contributed by atoms with Crippen LogP contribution in [0.2, 0.25) is 0 Å². The molecule has 0 aromatic heterocycles. The van der Waals surface area contributed by atoms with Crippen LogP contribution in [-0.4, -0.2) is 24.7 Å². The zero-order chi connectivity index (χ0) is 11.3. The largest absolute Gasteiger partial charge is 0.325 e. The Morgan fingerprint density at radius 2 is 2.00 bits per heavy atom. The molecule has 82 valence electrons. The van der Waals surface area contributed by atoms with Gasteiger partial charge in [-0.05, 0) is 26.1 Å². The highest BCUT2D eigenvalue weighted by molar-refractivity contribution is 7.80. The Kier molecular flexibility index (Phi) is 4.65. The van der Waals surface area contributed by atoms with Gasteiger partial charge in [0, 0.05) is 11.4 Å². The highest BCUT2D eigenvalue weighted by atomic mass is 32.1. The molecule has 1 rings (SSSR count). The summed E-state index contributed by atoms with van der Waals surface area (Å²) in [5.74, 6) is 0.421. The maximum atomic E-state index is 11.6. The summed E-state index contributed by atoms with van der Waals surface area (Å²) < 4.78 is 0. The number of likely N-dealkylation sites (N-methyl/N-ethyl adjacent to an activating group) is 1. The lowest BCUT2D eigenvalue weighted by Crippen LogP contribution is -2.39. The lowest BCUT2D eigenvalue weighted by atomic mass is 10.2. The molecule has 0 bridgehead atoms. The first-order valence-corrected chi connectivity index (χ1v) is 5.46. The second kappa shape index (κ2) is 5.78. The maximum absolute atomic E-state index is 11.6. The van der Waals surface area contributed by atoms with Crippen LogP contribution in [0.15, 0.2) is 24.3 Å². The number of carbonyl (C=O) groups is 1. The van der Waals surface area contributed by atoms with Gasteiger partial charge in [-0.2, -0.15) is 12.6 Å². The summed E-state index contributed by atoms with van der Waals surface area (Å²) in [6, 6.07) is 7.45. The van der Waals surface area contributed by atoms with Crippen LogP contribution in [0.3, 0.4) is 0 Å². The van der Waals surface area contributed by atoms with Gasteiger partial charge in [-0.15, -0.1) is 0 Å². The van der Waals surface area contributed by atoms with E-state index in [4.69, 9.17) is 0 Å². The Morgan fingerprint density at radius 1 is 1.40 bits per heavy atom. The van der Waals surface area contributed by atoms with Crippen molar-refractivity contribution >= 4 is 24.2 Å². The zero-order valence-corrected chi connectivity index (χ0v) is 9.84. The number of hydrogen-bond donors (Lipinski definition) is 3. The molecule has 0 aliphatic carbocycles. The van der Waals surface area contributed by atoms with E-state index in [0.717, 1.165) is 5.69 Å². The molecule has 0 fully saturated rings. The van der Waals surface area contributed by atoms with Crippen molar-refractivity contribution in [3.05, 3.63) is 29.8 Å². The van der Waals surface area contributed by atoms with Crippen LogP contribution in [0.5, 0.6) is 0 Å². The van der Waals surface area contributed by atoms with Gasteiger partial charge in [0.2, 0.25) is 5.91 Å². The molecule has 0 aliphatic rings. The van der Waals surface area contributed by atoms with Gasteiger partial charge in [0.25, 0.3) is 0 Å². The van der Waals surface area contributed by atoms with E-state index in [0.29, 0.717) is 5.75 Å². The van der Waals surface area contributed by atoms with Crippen molar-refractivity contribution in [2.24, 2.45) is 0 Å². The van der Waals surface area contributed by atoms with E-state index in [1.54, 1.807) is 7.05 Å². The van der Waals surface area contributed by atoms with E-state index in [-0.39, 0.29) is 11.9 Å². The second-order valence-corrected chi connectivity index (χ2v) is 3.74. The van der Waals surface area contributed by atoms with E-state index in [1.165, 1.54) is 5.56 Å². The predicted molar refractivity (Wildman–Crippen MR) is 66.5 cm³/mol. The van der Waals surface area contributed by atoms with Crippen molar-refractivity contribution in [1.82, 2.24) is 5.32 Å². The Labute approximate surface area is 95.7 Å². The summed E-state index contributed by atoms with van der Waals surface area (Å²) in [5.41, 5.74) is 1.99. The predicted octanol–water partition coefficient (Wildman–Crippen LogP) is 1.45. The molecule has 0 saturated heterocycles. The third-order valence-electron chi connectivity index (χ3n) is 2.17. The highest BCUT2D eigenvalue weighted by Gasteiger charge is 2.13. The third-order valence-corrected chi connectivity index (χ3v) is 2.53. The topological polar surface area (TPSA) is 41.1 Å². The molecule has 2 N–H and O–H groups in total. The third kappa shape index (κ3) is 3.57. The molecule has 3 nitrogen and oxygen atoms in total. The first-order valence-electron chi connectivity index (χ1n) is 4.83. The van der Waals surface area contributed by atoms with E-state index in [2.05, 4.69) is 23.3 Å². The number of hydrogen-bond acceptors (Lipinski definition) is 3. The van der Waals surface area contributed by atoms with Gasteiger partial charge in [0.1, 0.15) is 0 Å². The summed E-state index contributed by atoms with van der Waals surface area (Å²) in [7, 11) is 1.75. The first-order chi connectivity index (χ1) is 7.17. The lowest BCUT2D eigenvalue weighted by Gasteiger charge is -2.13. The molecule has 0 heterocycles. The molecule has 1 aromatic carbocycles. The van der Waals surface area contributed by atoms with E-state index >= 15 is 0 Å². The van der Waals surface area contributed by atoms with Crippen molar-refractivity contribution in [2.45, 2.75) is 13.0 Å². The quantitative estimate of drug-likeness (QED) is 0.678. The monoisotopic (exact) mass is 224 g/mol. The smallest absolute Gasteiger partial charge is 0.242 e. The second-order valence-electron chi connectivity index (χ2n) is 3.38. The van der Waals surface area contributed by atoms with Crippen LogP contribution in [-0.2, 0) is 4.79 Å². The van der Waals surface area contributed by atoms with Gasteiger partial charge in [-0.3, -0.25) is 4.79 Å². The Hall–Kier alpha value is -1.00. The maximum Gasteiger partial charge on any atom is 0.242 e. The molecular formula is C11H16N2OS. The van der Waals surface area contributed by atoms with Gasteiger partial charge in [0.05, 0.1) is 6.04 Å². The fourth-order valence-corrected chi connectivity index (χ4v) is 1.52. The summed E-state index contributed by atoms with van der Waals surface area (Å²) in [6.07, 6.45) is 0. The van der Waals surface area contributed by atoms with E-state index < -0.39 is 0 Å². The minimum atomic E-state index is -0.255. The average molecular weight is 224 g/mol. The Morgan fingerprint density at radius 3 is 2.47 bits per heavy atom. The van der Waals surface area contributed by atoms with Gasteiger partial charge < -0.3 is 10.6 Å². The van der Waals surface area contributed by atoms with E-state index in [9.17, 15) is 4.79 Å². The molecule has 0 saturated carbocycles. The number of nitrogens with one attached hydrogen (secondary N) is 2. The van der Waals surface area contributed by atoms with Crippen LogP contribution in [0.25, 0.3) is 0 Å². The van der Waals surface area contributed by atoms with Crippen molar-refractivity contribution in [3.63, 3.8) is 0 Å². The Bertz CT molecular complexity index is 320. The van der Waals surface area contributed by atoms with Crippen molar-refractivity contribution in [3.8, 4) is 0 Å². The van der Waals surface area contributed by atoms with Gasteiger partial charge in [-0.25, -0.2) is 0 Å². The molecule has 1 aromatic rings. The van der Waals surface area contributed by atoms with Crippen LogP contribution in [0.1, 0.15) is 5.56 Å². The number of amides is 1. The molecular weight excluding hydrogens is 208 g/mol. The van der Waals surface area contributed by atoms with Gasteiger partial charge in [0.15, 0.2) is 0 Å². The molecule has 1 atom stereocenters. The number of thiol groups is 1. The molecule has 4 heteroatoms. The molecule has 0 aliphatic heterocycles. The van der Waals surface area contributed by atoms with Crippen molar-refractivity contribution in [2.75, 3.05) is 18.1 Å². The van der Waals surface area contributed by atoms with Gasteiger partial charge in [-0.1, -0.05) is 17.7 Å². The van der Waals surface area contributed by atoms with E-state index in [1.807, 2.05) is 31.2 Å². The summed E-state index contributed by atoms with van der Waals surface area (Å²) >= 11 is 4.09.